The molecule has 0 saturated heterocycles. The molecule has 0 aromatic heterocycles. The van der Waals surface area contributed by atoms with Gasteiger partial charge in [0.1, 0.15) is 0 Å². The average Bonchev–Trinajstić information content (AvgIpc) is 2.53. The standard InChI is InChI=1S/C18H21NOS/c1-15(17-10-6-3-7-11-17)19-18(20)12-13-21-14-16-8-4-2-5-9-16/h2-11,15H,12-14H2,1H3,(H,19,20). The van der Waals surface area contributed by atoms with Gasteiger partial charge in [0.05, 0.1) is 6.04 Å². The van der Waals surface area contributed by atoms with Crippen LogP contribution in [0.15, 0.2) is 60.7 Å². The van der Waals surface area contributed by atoms with Gasteiger partial charge in [0, 0.05) is 17.9 Å². The molecular formula is C18H21NOS. The Balaban J connectivity index is 1.66. The molecule has 1 amide bonds. The van der Waals surface area contributed by atoms with Gasteiger partial charge in [0.25, 0.3) is 0 Å². The fourth-order valence-electron chi connectivity index (χ4n) is 2.07. The van der Waals surface area contributed by atoms with Gasteiger partial charge in [-0.1, -0.05) is 60.7 Å². The maximum atomic E-state index is 11.9. The molecule has 0 aliphatic rings. The van der Waals surface area contributed by atoms with Gasteiger partial charge in [-0.05, 0) is 18.1 Å². The van der Waals surface area contributed by atoms with Gasteiger partial charge in [0.2, 0.25) is 5.91 Å². The molecule has 2 rings (SSSR count). The van der Waals surface area contributed by atoms with E-state index < -0.39 is 0 Å². The van der Waals surface area contributed by atoms with Gasteiger partial charge in [-0.3, -0.25) is 4.79 Å². The molecule has 2 nitrogen and oxygen atoms in total. The Morgan fingerprint density at radius 1 is 1.05 bits per heavy atom. The normalized spacial score (nSPS) is 11.9. The summed E-state index contributed by atoms with van der Waals surface area (Å²) in [6.07, 6.45) is 0.564. The maximum absolute atomic E-state index is 11.9. The first-order chi connectivity index (χ1) is 10.3. The van der Waals surface area contributed by atoms with Crippen LogP contribution in [0.3, 0.4) is 0 Å². The van der Waals surface area contributed by atoms with E-state index in [1.54, 1.807) is 11.8 Å². The molecule has 0 bridgehead atoms. The van der Waals surface area contributed by atoms with E-state index in [0.29, 0.717) is 6.42 Å². The van der Waals surface area contributed by atoms with Crippen molar-refractivity contribution in [3.8, 4) is 0 Å². The molecule has 2 aromatic rings. The number of hydrogen-bond donors (Lipinski definition) is 1. The Morgan fingerprint density at radius 2 is 1.67 bits per heavy atom. The molecule has 0 aliphatic carbocycles. The average molecular weight is 299 g/mol. The third-order valence-corrected chi connectivity index (χ3v) is 4.29. The summed E-state index contributed by atoms with van der Waals surface area (Å²) < 4.78 is 0. The van der Waals surface area contributed by atoms with Crippen LogP contribution in [-0.2, 0) is 10.5 Å². The number of benzene rings is 2. The second-order valence-electron chi connectivity index (χ2n) is 4.99. The predicted molar refractivity (Wildman–Crippen MR) is 90.2 cm³/mol. The summed E-state index contributed by atoms with van der Waals surface area (Å²) in [5.41, 5.74) is 2.45. The van der Waals surface area contributed by atoms with Crippen molar-refractivity contribution in [3.05, 3.63) is 71.8 Å². The lowest BCUT2D eigenvalue weighted by atomic mass is 10.1. The number of amides is 1. The summed E-state index contributed by atoms with van der Waals surface area (Å²) in [6, 6.07) is 20.5. The Morgan fingerprint density at radius 3 is 2.33 bits per heavy atom. The van der Waals surface area contributed by atoms with E-state index in [1.165, 1.54) is 5.56 Å². The highest BCUT2D eigenvalue weighted by atomic mass is 32.2. The van der Waals surface area contributed by atoms with E-state index in [1.807, 2.05) is 55.5 Å². The molecule has 1 unspecified atom stereocenters. The maximum Gasteiger partial charge on any atom is 0.221 e. The van der Waals surface area contributed by atoms with Crippen molar-refractivity contribution in [3.63, 3.8) is 0 Å². The fraction of sp³-hybridized carbons (Fsp3) is 0.278. The molecule has 0 aliphatic heterocycles. The van der Waals surface area contributed by atoms with Crippen molar-refractivity contribution in [1.29, 1.82) is 0 Å². The lowest BCUT2D eigenvalue weighted by Gasteiger charge is -2.14. The molecule has 2 aromatic carbocycles. The largest absolute Gasteiger partial charge is 0.350 e. The minimum atomic E-state index is 0.0674. The first kappa shape index (κ1) is 15.6. The molecule has 0 fully saturated rings. The molecule has 1 atom stereocenters. The first-order valence-electron chi connectivity index (χ1n) is 7.21. The molecule has 0 saturated carbocycles. The van der Waals surface area contributed by atoms with Crippen LogP contribution in [0.5, 0.6) is 0 Å². The van der Waals surface area contributed by atoms with Crippen molar-refractivity contribution >= 4 is 17.7 Å². The van der Waals surface area contributed by atoms with Crippen LogP contribution in [0, 0.1) is 0 Å². The Hall–Kier alpha value is -1.74. The van der Waals surface area contributed by atoms with Crippen LogP contribution in [0.1, 0.15) is 30.5 Å². The minimum absolute atomic E-state index is 0.0674. The van der Waals surface area contributed by atoms with E-state index >= 15 is 0 Å². The predicted octanol–water partition coefficient (Wildman–Crippen LogP) is 4.19. The summed E-state index contributed by atoms with van der Waals surface area (Å²) in [5, 5.41) is 3.04. The van der Waals surface area contributed by atoms with Crippen molar-refractivity contribution in [2.24, 2.45) is 0 Å². The summed E-state index contributed by atoms with van der Waals surface area (Å²) in [6.45, 7) is 2.02. The quantitative estimate of drug-likeness (QED) is 0.777. The van der Waals surface area contributed by atoms with E-state index in [4.69, 9.17) is 0 Å². The minimum Gasteiger partial charge on any atom is -0.350 e. The number of nitrogens with one attached hydrogen (secondary N) is 1. The van der Waals surface area contributed by atoms with Gasteiger partial charge >= 0.3 is 0 Å². The van der Waals surface area contributed by atoms with E-state index in [0.717, 1.165) is 17.1 Å². The lowest BCUT2D eigenvalue weighted by Crippen LogP contribution is -2.26. The zero-order chi connectivity index (χ0) is 14.9. The highest BCUT2D eigenvalue weighted by molar-refractivity contribution is 7.98. The lowest BCUT2D eigenvalue weighted by molar-refractivity contribution is -0.121. The highest BCUT2D eigenvalue weighted by Crippen LogP contribution is 2.14. The summed E-state index contributed by atoms with van der Waals surface area (Å²) in [5.74, 6) is 1.93. The molecule has 110 valence electrons. The highest BCUT2D eigenvalue weighted by Gasteiger charge is 2.08. The van der Waals surface area contributed by atoms with E-state index in [9.17, 15) is 4.79 Å². The van der Waals surface area contributed by atoms with Crippen LogP contribution in [0.25, 0.3) is 0 Å². The smallest absolute Gasteiger partial charge is 0.221 e. The third kappa shape index (κ3) is 5.64. The van der Waals surface area contributed by atoms with E-state index in [2.05, 4.69) is 17.4 Å². The van der Waals surface area contributed by atoms with Gasteiger partial charge in [-0.2, -0.15) is 11.8 Å². The molecule has 1 N–H and O–H groups in total. The van der Waals surface area contributed by atoms with Gasteiger partial charge in [0.15, 0.2) is 0 Å². The number of carbonyl (C=O) groups excluding carboxylic acids is 1. The van der Waals surface area contributed by atoms with Crippen LogP contribution >= 0.6 is 11.8 Å². The Labute approximate surface area is 131 Å². The van der Waals surface area contributed by atoms with Crippen molar-refractivity contribution < 1.29 is 4.79 Å². The second-order valence-corrected chi connectivity index (χ2v) is 6.09. The Bertz CT molecular complexity index is 542. The van der Waals surface area contributed by atoms with Crippen LogP contribution < -0.4 is 5.32 Å². The monoisotopic (exact) mass is 299 g/mol. The van der Waals surface area contributed by atoms with Crippen molar-refractivity contribution in [1.82, 2.24) is 5.32 Å². The summed E-state index contributed by atoms with van der Waals surface area (Å²) in [7, 11) is 0. The summed E-state index contributed by atoms with van der Waals surface area (Å²) in [4.78, 5) is 11.9. The molecule has 0 heterocycles. The third-order valence-electron chi connectivity index (χ3n) is 3.26. The number of carbonyl (C=O) groups is 1. The number of rotatable bonds is 7. The van der Waals surface area contributed by atoms with Crippen molar-refractivity contribution in [2.45, 2.75) is 25.1 Å². The molecule has 3 heteroatoms. The molecule has 21 heavy (non-hydrogen) atoms. The van der Waals surface area contributed by atoms with Crippen LogP contribution in [0.2, 0.25) is 0 Å². The zero-order valence-corrected chi connectivity index (χ0v) is 13.1. The molecule has 0 spiro atoms. The Kier molecular flexibility index (Phi) is 6.35. The van der Waals surface area contributed by atoms with Crippen molar-refractivity contribution in [2.75, 3.05) is 5.75 Å². The molecular weight excluding hydrogens is 278 g/mol. The first-order valence-corrected chi connectivity index (χ1v) is 8.37. The summed E-state index contributed by atoms with van der Waals surface area (Å²) >= 11 is 1.80. The topological polar surface area (TPSA) is 29.1 Å². The van der Waals surface area contributed by atoms with Gasteiger partial charge < -0.3 is 5.32 Å². The van der Waals surface area contributed by atoms with Gasteiger partial charge in [-0.15, -0.1) is 0 Å². The van der Waals surface area contributed by atoms with E-state index in [-0.39, 0.29) is 11.9 Å². The molecule has 0 radical (unpaired) electrons. The fourth-order valence-corrected chi connectivity index (χ4v) is 2.97. The van der Waals surface area contributed by atoms with Gasteiger partial charge in [-0.25, -0.2) is 0 Å². The second kappa shape index (κ2) is 8.53. The SMILES string of the molecule is CC(NC(=O)CCSCc1ccccc1)c1ccccc1. The number of hydrogen-bond acceptors (Lipinski definition) is 2. The van der Waals surface area contributed by atoms with Crippen LogP contribution in [-0.4, -0.2) is 11.7 Å². The zero-order valence-electron chi connectivity index (χ0n) is 12.3. The number of thioether (sulfide) groups is 1. The van der Waals surface area contributed by atoms with Crippen LogP contribution in [0.4, 0.5) is 0 Å².